The van der Waals surface area contributed by atoms with Crippen LogP contribution in [0.1, 0.15) is 58.4 Å². The number of hydrogen-bond donors (Lipinski definition) is 0. The highest BCUT2D eigenvalue weighted by atomic mass is 28.4. The number of aromatic nitrogens is 1. The maximum absolute atomic E-state index is 11.9. The molecular formula is C24H33NO3Si. The summed E-state index contributed by atoms with van der Waals surface area (Å²) in [6.45, 7) is 15.8. The van der Waals surface area contributed by atoms with Crippen LogP contribution in [-0.4, -0.2) is 25.9 Å². The van der Waals surface area contributed by atoms with Gasteiger partial charge in [0.05, 0.1) is 29.3 Å². The summed E-state index contributed by atoms with van der Waals surface area (Å²) in [5, 5.41) is 1.25. The molecule has 2 atom stereocenters. The van der Waals surface area contributed by atoms with E-state index in [9.17, 15) is 4.79 Å². The summed E-state index contributed by atoms with van der Waals surface area (Å²) in [6, 6.07) is 10.4. The summed E-state index contributed by atoms with van der Waals surface area (Å²) in [7, 11) is -1.87. The van der Waals surface area contributed by atoms with E-state index in [2.05, 4.69) is 71.1 Å². The van der Waals surface area contributed by atoms with Crippen LogP contribution in [0.2, 0.25) is 18.1 Å². The number of nitrogens with zero attached hydrogens (tertiary/aromatic N) is 1. The molecule has 1 fully saturated rings. The molecule has 0 N–H and O–H groups in total. The molecule has 1 saturated heterocycles. The maximum atomic E-state index is 11.9. The van der Waals surface area contributed by atoms with Gasteiger partial charge in [0.1, 0.15) is 0 Å². The third-order valence-electron chi connectivity index (χ3n) is 6.40. The van der Waals surface area contributed by atoms with Crippen molar-refractivity contribution in [3.05, 3.63) is 47.7 Å². The van der Waals surface area contributed by atoms with Crippen LogP contribution in [0.25, 0.3) is 17.0 Å². The van der Waals surface area contributed by atoms with E-state index < -0.39 is 13.7 Å². The number of benzene rings is 1. The van der Waals surface area contributed by atoms with Gasteiger partial charge in [-0.1, -0.05) is 51.1 Å². The highest BCUT2D eigenvalue weighted by Crippen LogP contribution is 2.39. The van der Waals surface area contributed by atoms with Crippen molar-refractivity contribution >= 4 is 31.3 Å². The summed E-state index contributed by atoms with van der Waals surface area (Å²) >= 11 is 0. The van der Waals surface area contributed by atoms with Crippen LogP contribution in [0.15, 0.2) is 36.4 Å². The van der Waals surface area contributed by atoms with Crippen LogP contribution in [0.5, 0.6) is 0 Å². The molecule has 2 aromatic rings. The van der Waals surface area contributed by atoms with Gasteiger partial charge in [0.2, 0.25) is 0 Å². The first kappa shape index (κ1) is 21.7. The first-order valence-electron chi connectivity index (χ1n) is 10.4. The molecule has 5 heteroatoms. The van der Waals surface area contributed by atoms with Crippen molar-refractivity contribution in [1.29, 1.82) is 0 Å². The summed E-state index contributed by atoms with van der Waals surface area (Å²) in [4.78, 5) is 16.8. The number of pyridine rings is 1. The van der Waals surface area contributed by atoms with Crippen LogP contribution < -0.4 is 0 Å². The summed E-state index contributed by atoms with van der Waals surface area (Å²) in [5.41, 5.74) is 2.39. The third-order valence-corrected chi connectivity index (χ3v) is 11.0. The molecule has 0 saturated carbocycles. The van der Waals surface area contributed by atoms with Gasteiger partial charge in [-0.3, -0.25) is 9.78 Å². The third kappa shape index (κ3) is 4.62. The molecule has 3 rings (SSSR count). The molecule has 0 amide bonds. The molecule has 2 heterocycles. The van der Waals surface area contributed by atoms with E-state index in [1.165, 1.54) is 0 Å². The largest absolute Gasteiger partial charge is 0.465 e. The van der Waals surface area contributed by atoms with Crippen molar-refractivity contribution in [2.45, 2.75) is 65.3 Å². The Kier molecular flexibility index (Phi) is 5.76. The topological polar surface area (TPSA) is 48.4 Å². The lowest BCUT2D eigenvalue weighted by molar-refractivity contribution is -0.143. The van der Waals surface area contributed by atoms with Gasteiger partial charge in [0.25, 0.3) is 0 Å². The summed E-state index contributed by atoms with van der Waals surface area (Å²) in [6.07, 6.45) is 4.62. The highest BCUT2D eigenvalue weighted by Gasteiger charge is 2.39. The zero-order valence-corrected chi connectivity index (χ0v) is 19.7. The van der Waals surface area contributed by atoms with Gasteiger partial charge in [-0.2, -0.15) is 0 Å². The van der Waals surface area contributed by atoms with Crippen molar-refractivity contribution < 1.29 is 14.0 Å². The fraction of sp³-hybridized carbons (Fsp3) is 0.500. The molecule has 1 aliphatic rings. The minimum Gasteiger partial charge on any atom is -0.465 e. The predicted octanol–water partition coefficient (Wildman–Crippen LogP) is 6.28. The second-order valence-corrected chi connectivity index (χ2v) is 14.6. The average molecular weight is 412 g/mol. The molecule has 1 aromatic heterocycles. The second-order valence-electron chi connectivity index (χ2n) is 9.85. The first-order valence-corrected chi connectivity index (χ1v) is 13.3. The van der Waals surface area contributed by atoms with E-state index in [1.54, 1.807) is 0 Å². The Labute approximate surface area is 175 Å². The number of carbonyl (C=O) groups is 1. The number of fused-ring (bicyclic) bond motifs is 1. The van der Waals surface area contributed by atoms with Gasteiger partial charge < -0.3 is 9.16 Å². The Hall–Kier alpha value is -1.98. The molecular weight excluding hydrogens is 378 g/mol. The lowest BCUT2D eigenvalue weighted by atomic mass is 9.88. The van der Waals surface area contributed by atoms with Gasteiger partial charge in [-0.15, -0.1) is 0 Å². The van der Waals surface area contributed by atoms with E-state index in [0.29, 0.717) is 6.61 Å². The van der Waals surface area contributed by atoms with Crippen molar-refractivity contribution in [2.24, 2.45) is 5.41 Å². The number of ether oxygens (including phenoxy) is 1. The first-order chi connectivity index (χ1) is 13.4. The lowest BCUT2D eigenvalue weighted by Gasteiger charge is -2.38. The summed E-state index contributed by atoms with van der Waals surface area (Å²) < 4.78 is 11.6. The number of hydrogen-bond acceptors (Lipinski definition) is 4. The van der Waals surface area contributed by atoms with Gasteiger partial charge in [-0.05, 0) is 49.7 Å². The minimum atomic E-state index is -1.87. The second kappa shape index (κ2) is 7.69. The zero-order chi connectivity index (χ0) is 21.4. The van der Waals surface area contributed by atoms with Crippen LogP contribution in [0.3, 0.4) is 0 Å². The summed E-state index contributed by atoms with van der Waals surface area (Å²) in [5.74, 6) is -0.147. The number of cyclic esters (lactones) is 1. The Morgan fingerprint density at radius 3 is 2.55 bits per heavy atom. The van der Waals surface area contributed by atoms with Crippen LogP contribution in [0.4, 0.5) is 0 Å². The quantitative estimate of drug-likeness (QED) is 0.429. The van der Waals surface area contributed by atoms with Crippen LogP contribution in [-0.2, 0) is 14.0 Å². The SMILES string of the molecule is C[C@@H](O[Si](C)(C)C(C)(C)C)c1ccc2ccc(/C=C/C3(C)CCOC3=O)cc2n1. The van der Waals surface area contributed by atoms with Crippen molar-refractivity contribution in [2.75, 3.05) is 6.61 Å². The van der Waals surface area contributed by atoms with E-state index in [4.69, 9.17) is 14.1 Å². The zero-order valence-electron chi connectivity index (χ0n) is 18.7. The Morgan fingerprint density at radius 1 is 1.24 bits per heavy atom. The lowest BCUT2D eigenvalue weighted by Crippen LogP contribution is -2.41. The van der Waals surface area contributed by atoms with Gasteiger partial charge >= 0.3 is 5.97 Å². The minimum absolute atomic E-state index is 0.0494. The number of rotatable bonds is 5. The monoisotopic (exact) mass is 411 g/mol. The Bertz CT molecular complexity index is 945. The Balaban J connectivity index is 1.85. The van der Waals surface area contributed by atoms with E-state index >= 15 is 0 Å². The fourth-order valence-corrected chi connectivity index (χ4v) is 4.57. The van der Waals surface area contributed by atoms with E-state index in [-0.39, 0.29) is 17.1 Å². The normalized spacial score (nSPS) is 21.7. The molecule has 0 bridgehead atoms. The molecule has 0 radical (unpaired) electrons. The molecule has 1 aromatic carbocycles. The average Bonchev–Trinajstić information content (AvgIpc) is 2.97. The Morgan fingerprint density at radius 2 is 1.93 bits per heavy atom. The van der Waals surface area contributed by atoms with Crippen LogP contribution in [0, 0.1) is 5.41 Å². The smallest absolute Gasteiger partial charge is 0.315 e. The van der Waals surface area contributed by atoms with E-state index in [1.807, 2.05) is 19.1 Å². The predicted molar refractivity (Wildman–Crippen MR) is 121 cm³/mol. The molecule has 1 aliphatic heterocycles. The number of esters is 1. The number of carbonyl (C=O) groups excluding carboxylic acids is 1. The van der Waals surface area contributed by atoms with E-state index in [0.717, 1.165) is 28.6 Å². The molecule has 4 nitrogen and oxygen atoms in total. The standard InChI is InChI=1S/C24H33NO3Si/c1-17(28-29(6,7)23(2,3)4)20-11-10-19-9-8-18(16-21(19)25-20)12-13-24(5)14-15-27-22(24)26/h8-13,16-17H,14-15H2,1-7H3/b13-12+/t17-,24?/m1/s1. The van der Waals surface area contributed by atoms with Gasteiger partial charge in [-0.25, -0.2) is 0 Å². The van der Waals surface area contributed by atoms with Crippen molar-refractivity contribution in [3.8, 4) is 0 Å². The molecule has 156 valence electrons. The van der Waals surface area contributed by atoms with Crippen molar-refractivity contribution in [1.82, 2.24) is 4.98 Å². The maximum Gasteiger partial charge on any atom is 0.315 e. The molecule has 1 unspecified atom stereocenters. The fourth-order valence-electron chi connectivity index (χ4n) is 3.21. The van der Waals surface area contributed by atoms with Gasteiger partial charge in [0, 0.05) is 11.8 Å². The molecule has 29 heavy (non-hydrogen) atoms. The molecule has 0 spiro atoms. The molecule has 0 aliphatic carbocycles. The van der Waals surface area contributed by atoms with Crippen LogP contribution >= 0.6 is 0 Å². The highest BCUT2D eigenvalue weighted by molar-refractivity contribution is 6.74. The van der Waals surface area contributed by atoms with Crippen molar-refractivity contribution in [3.63, 3.8) is 0 Å². The van der Waals surface area contributed by atoms with Gasteiger partial charge in [0.15, 0.2) is 8.32 Å².